The second-order valence-electron chi connectivity index (χ2n) is 4.70. The van der Waals surface area contributed by atoms with Crippen molar-refractivity contribution in [3.05, 3.63) is 28.7 Å². The minimum Gasteiger partial charge on any atom is -0.493 e. The zero-order chi connectivity index (χ0) is 15.7. The van der Waals surface area contributed by atoms with Gasteiger partial charge >= 0.3 is 5.97 Å². The Labute approximate surface area is 132 Å². The van der Waals surface area contributed by atoms with Crippen molar-refractivity contribution in [1.29, 1.82) is 0 Å². The van der Waals surface area contributed by atoms with Gasteiger partial charge in [0, 0.05) is 10.5 Å². The first-order valence-corrected chi connectivity index (χ1v) is 7.70. The van der Waals surface area contributed by atoms with Gasteiger partial charge in [0.2, 0.25) is 5.91 Å². The van der Waals surface area contributed by atoms with Gasteiger partial charge in [-0.3, -0.25) is 9.59 Å². The standard InChI is InChI=1S/C15H20BrNO4/c1-2-3-12(10-15(19)20)17-14(18)8-9-21-13-6-4-11(16)5-7-13/h4-7,12H,2-3,8-10H2,1H3,(H,17,18)(H,19,20). The first kappa shape index (κ1) is 17.5. The zero-order valence-corrected chi connectivity index (χ0v) is 13.6. The number of halogens is 1. The Bertz CT molecular complexity index is 461. The number of carbonyl (C=O) groups excluding carboxylic acids is 1. The van der Waals surface area contributed by atoms with Gasteiger partial charge in [-0.2, -0.15) is 0 Å². The molecule has 0 aliphatic carbocycles. The third kappa shape index (κ3) is 7.70. The van der Waals surface area contributed by atoms with Crippen molar-refractivity contribution in [1.82, 2.24) is 5.32 Å². The summed E-state index contributed by atoms with van der Waals surface area (Å²) in [4.78, 5) is 22.5. The van der Waals surface area contributed by atoms with Crippen molar-refractivity contribution in [3.8, 4) is 5.75 Å². The van der Waals surface area contributed by atoms with Crippen LogP contribution in [0.25, 0.3) is 0 Å². The topological polar surface area (TPSA) is 75.6 Å². The van der Waals surface area contributed by atoms with Crippen molar-refractivity contribution in [2.24, 2.45) is 0 Å². The summed E-state index contributed by atoms with van der Waals surface area (Å²) in [7, 11) is 0. The molecule has 1 rings (SSSR count). The highest BCUT2D eigenvalue weighted by Crippen LogP contribution is 2.16. The average Bonchev–Trinajstić information content (AvgIpc) is 2.40. The summed E-state index contributed by atoms with van der Waals surface area (Å²) in [5.41, 5.74) is 0. The van der Waals surface area contributed by atoms with E-state index in [1.165, 1.54) is 0 Å². The van der Waals surface area contributed by atoms with Crippen molar-refractivity contribution in [3.63, 3.8) is 0 Å². The maximum absolute atomic E-state index is 11.8. The lowest BCUT2D eigenvalue weighted by Crippen LogP contribution is -2.37. The Morgan fingerprint density at radius 3 is 2.57 bits per heavy atom. The highest BCUT2D eigenvalue weighted by Gasteiger charge is 2.14. The van der Waals surface area contributed by atoms with Gasteiger partial charge in [0.1, 0.15) is 5.75 Å². The Hall–Kier alpha value is -1.56. The molecule has 0 bridgehead atoms. The molecule has 5 nitrogen and oxygen atoms in total. The summed E-state index contributed by atoms with van der Waals surface area (Å²) in [6.45, 7) is 2.22. The van der Waals surface area contributed by atoms with Crippen LogP contribution in [-0.4, -0.2) is 29.6 Å². The Kier molecular flexibility index (Phi) is 7.82. The minimum absolute atomic E-state index is 0.0485. The monoisotopic (exact) mass is 357 g/mol. The van der Waals surface area contributed by atoms with Crippen molar-refractivity contribution in [2.75, 3.05) is 6.61 Å². The van der Waals surface area contributed by atoms with Crippen molar-refractivity contribution >= 4 is 27.8 Å². The van der Waals surface area contributed by atoms with Crippen LogP contribution in [0, 0.1) is 0 Å². The van der Waals surface area contributed by atoms with Crippen LogP contribution >= 0.6 is 15.9 Å². The molecule has 1 atom stereocenters. The number of rotatable bonds is 9. The van der Waals surface area contributed by atoms with Crippen LogP contribution in [0.3, 0.4) is 0 Å². The highest BCUT2D eigenvalue weighted by molar-refractivity contribution is 9.10. The number of carbonyl (C=O) groups is 2. The molecule has 0 spiro atoms. The van der Waals surface area contributed by atoms with E-state index >= 15 is 0 Å². The van der Waals surface area contributed by atoms with Crippen LogP contribution in [0.4, 0.5) is 0 Å². The van der Waals surface area contributed by atoms with Gasteiger partial charge in [0.15, 0.2) is 0 Å². The smallest absolute Gasteiger partial charge is 0.305 e. The molecule has 0 radical (unpaired) electrons. The lowest BCUT2D eigenvalue weighted by Gasteiger charge is -2.16. The lowest BCUT2D eigenvalue weighted by atomic mass is 10.1. The number of hydrogen-bond donors (Lipinski definition) is 2. The summed E-state index contributed by atoms with van der Waals surface area (Å²) < 4.78 is 6.42. The zero-order valence-electron chi connectivity index (χ0n) is 12.0. The predicted octanol–water partition coefficient (Wildman–Crippen LogP) is 2.98. The van der Waals surface area contributed by atoms with Crippen LogP contribution in [0.1, 0.15) is 32.6 Å². The van der Waals surface area contributed by atoms with Crippen molar-refractivity contribution in [2.45, 2.75) is 38.6 Å². The molecule has 21 heavy (non-hydrogen) atoms. The quantitative estimate of drug-likeness (QED) is 0.712. The number of aliphatic carboxylic acids is 1. The number of amides is 1. The second-order valence-corrected chi connectivity index (χ2v) is 5.62. The molecule has 0 saturated heterocycles. The van der Waals surface area contributed by atoms with Gasteiger partial charge < -0.3 is 15.2 Å². The molecule has 2 N–H and O–H groups in total. The number of hydrogen-bond acceptors (Lipinski definition) is 3. The first-order valence-electron chi connectivity index (χ1n) is 6.90. The summed E-state index contributed by atoms with van der Waals surface area (Å²) in [5.74, 6) is -0.395. The van der Waals surface area contributed by atoms with Gasteiger partial charge in [-0.15, -0.1) is 0 Å². The van der Waals surface area contributed by atoms with Crippen LogP contribution in [0.15, 0.2) is 28.7 Å². The van der Waals surface area contributed by atoms with Crippen molar-refractivity contribution < 1.29 is 19.4 Å². The molecule has 116 valence electrons. The molecule has 1 unspecified atom stereocenters. The fourth-order valence-corrected chi connectivity index (χ4v) is 2.14. The molecule has 0 aliphatic heterocycles. The van der Waals surface area contributed by atoms with E-state index in [4.69, 9.17) is 9.84 Å². The third-order valence-electron chi connectivity index (χ3n) is 2.83. The molecule has 0 aromatic heterocycles. The fraction of sp³-hybridized carbons (Fsp3) is 0.467. The number of carboxylic acid groups (broad SMARTS) is 1. The Morgan fingerprint density at radius 2 is 2.00 bits per heavy atom. The minimum atomic E-state index is -0.903. The molecule has 0 heterocycles. The van der Waals surface area contributed by atoms with E-state index in [9.17, 15) is 9.59 Å². The molecule has 1 aromatic carbocycles. The highest BCUT2D eigenvalue weighted by atomic mass is 79.9. The van der Waals surface area contributed by atoms with Crippen LogP contribution in [0.5, 0.6) is 5.75 Å². The fourth-order valence-electron chi connectivity index (χ4n) is 1.88. The molecule has 1 amide bonds. The number of nitrogens with one attached hydrogen (secondary N) is 1. The largest absolute Gasteiger partial charge is 0.493 e. The maximum Gasteiger partial charge on any atom is 0.305 e. The summed E-state index contributed by atoms with van der Waals surface area (Å²) in [6, 6.07) is 7.03. The SMILES string of the molecule is CCCC(CC(=O)O)NC(=O)CCOc1ccc(Br)cc1. The Balaban J connectivity index is 2.31. The Morgan fingerprint density at radius 1 is 1.33 bits per heavy atom. The van der Waals surface area contributed by atoms with Gasteiger partial charge in [-0.1, -0.05) is 29.3 Å². The van der Waals surface area contributed by atoms with E-state index in [2.05, 4.69) is 21.2 Å². The molecule has 0 saturated carbocycles. The van der Waals surface area contributed by atoms with Crippen LogP contribution < -0.4 is 10.1 Å². The summed E-state index contributed by atoms with van der Waals surface area (Å²) >= 11 is 3.33. The number of ether oxygens (including phenoxy) is 1. The normalized spacial score (nSPS) is 11.7. The van der Waals surface area contributed by atoms with E-state index in [1.54, 1.807) is 0 Å². The second kappa shape index (κ2) is 9.39. The predicted molar refractivity (Wildman–Crippen MR) is 83.3 cm³/mol. The first-order chi connectivity index (χ1) is 10.0. The summed E-state index contributed by atoms with van der Waals surface area (Å²) in [6.07, 6.45) is 1.64. The van der Waals surface area contributed by atoms with Gasteiger partial charge in [0.25, 0.3) is 0 Å². The molecule has 0 fully saturated rings. The van der Waals surface area contributed by atoms with E-state index in [-0.39, 0.29) is 31.4 Å². The van der Waals surface area contributed by atoms with Gasteiger partial charge in [0.05, 0.1) is 19.4 Å². The van der Waals surface area contributed by atoms with Crippen LogP contribution in [0.2, 0.25) is 0 Å². The van der Waals surface area contributed by atoms with E-state index < -0.39 is 5.97 Å². The van der Waals surface area contributed by atoms with Crippen LogP contribution in [-0.2, 0) is 9.59 Å². The molecule has 6 heteroatoms. The van der Waals surface area contributed by atoms with E-state index in [1.807, 2.05) is 31.2 Å². The number of carboxylic acids is 1. The van der Waals surface area contributed by atoms with E-state index in [0.29, 0.717) is 12.2 Å². The third-order valence-corrected chi connectivity index (χ3v) is 3.36. The van der Waals surface area contributed by atoms with Gasteiger partial charge in [-0.05, 0) is 30.7 Å². The summed E-state index contributed by atoms with van der Waals surface area (Å²) in [5, 5.41) is 11.5. The molecular formula is C15H20BrNO4. The lowest BCUT2D eigenvalue weighted by molar-refractivity contribution is -0.137. The molecular weight excluding hydrogens is 338 g/mol. The van der Waals surface area contributed by atoms with Gasteiger partial charge in [-0.25, -0.2) is 0 Å². The number of benzene rings is 1. The average molecular weight is 358 g/mol. The maximum atomic E-state index is 11.8. The van der Waals surface area contributed by atoms with E-state index in [0.717, 1.165) is 10.9 Å². The molecule has 1 aromatic rings. The molecule has 0 aliphatic rings.